The largest absolute Gasteiger partial charge is 0.493 e. The molecule has 0 radical (unpaired) electrons. The van der Waals surface area contributed by atoms with Gasteiger partial charge in [0.2, 0.25) is 0 Å². The van der Waals surface area contributed by atoms with Crippen molar-refractivity contribution in [2.75, 3.05) is 6.61 Å². The monoisotopic (exact) mass is 320 g/mol. The van der Waals surface area contributed by atoms with Gasteiger partial charge in [0.05, 0.1) is 12.7 Å². The molecule has 100 valence electrons. The van der Waals surface area contributed by atoms with Crippen molar-refractivity contribution in [3.63, 3.8) is 0 Å². The van der Waals surface area contributed by atoms with E-state index in [1.54, 1.807) is 6.92 Å². The molecule has 3 heteroatoms. The molecule has 2 rings (SSSR count). The molecule has 2 aromatic carbocycles. The van der Waals surface area contributed by atoms with Crippen LogP contribution in [0, 0.1) is 0 Å². The molecule has 0 amide bonds. The van der Waals surface area contributed by atoms with E-state index in [9.17, 15) is 5.11 Å². The zero-order chi connectivity index (χ0) is 13.7. The lowest BCUT2D eigenvalue weighted by molar-refractivity contribution is 0.191. The van der Waals surface area contributed by atoms with Crippen molar-refractivity contribution in [3.8, 4) is 5.75 Å². The molecule has 2 aromatic rings. The average Bonchev–Trinajstić information content (AvgIpc) is 2.39. The van der Waals surface area contributed by atoms with Crippen molar-refractivity contribution in [3.05, 3.63) is 64.1 Å². The van der Waals surface area contributed by atoms with E-state index in [1.807, 2.05) is 36.4 Å². The summed E-state index contributed by atoms with van der Waals surface area (Å²) < 4.78 is 6.74. The second kappa shape index (κ2) is 6.73. The van der Waals surface area contributed by atoms with Crippen LogP contribution < -0.4 is 4.74 Å². The summed E-state index contributed by atoms with van der Waals surface area (Å²) in [5.41, 5.74) is 2.06. The Labute approximate surface area is 122 Å². The van der Waals surface area contributed by atoms with Crippen molar-refractivity contribution in [1.29, 1.82) is 0 Å². The van der Waals surface area contributed by atoms with Crippen molar-refractivity contribution in [1.82, 2.24) is 0 Å². The van der Waals surface area contributed by atoms with E-state index in [4.69, 9.17) is 4.74 Å². The van der Waals surface area contributed by atoms with Crippen LogP contribution in [-0.4, -0.2) is 11.7 Å². The van der Waals surface area contributed by atoms with Crippen LogP contribution in [0.15, 0.2) is 53.0 Å². The third-order valence-electron chi connectivity index (χ3n) is 2.92. The maximum atomic E-state index is 9.72. The molecule has 0 saturated carbocycles. The molecule has 1 atom stereocenters. The normalized spacial score (nSPS) is 12.2. The Morgan fingerprint density at radius 2 is 1.89 bits per heavy atom. The van der Waals surface area contributed by atoms with Crippen LogP contribution in [0.25, 0.3) is 0 Å². The molecule has 0 aliphatic rings. The summed E-state index contributed by atoms with van der Waals surface area (Å²) in [6.45, 7) is 2.34. The third kappa shape index (κ3) is 4.08. The van der Waals surface area contributed by atoms with Gasteiger partial charge in [-0.3, -0.25) is 0 Å². The van der Waals surface area contributed by atoms with E-state index in [0.29, 0.717) is 6.61 Å². The fourth-order valence-corrected chi connectivity index (χ4v) is 2.24. The Bertz CT molecular complexity index is 524. The van der Waals surface area contributed by atoms with Gasteiger partial charge in [0, 0.05) is 16.5 Å². The molecule has 0 aliphatic heterocycles. The summed E-state index contributed by atoms with van der Waals surface area (Å²) >= 11 is 3.42. The first-order valence-corrected chi connectivity index (χ1v) is 7.10. The second-order valence-electron chi connectivity index (χ2n) is 4.44. The number of aliphatic hydroxyl groups excluding tert-OH is 1. The molecular formula is C16H17BrO2. The zero-order valence-electron chi connectivity index (χ0n) is 10.8. The van der Waals surface area contributed by atoms with Gasteiger partial charge in [-0.2, -0.15) is 0 Å². The predicted octanol–water partition coefficient (Wildman–Crippen LogP) is 4.12. The first-order valence-electron chi connectivity index (χ1n) is 6.31. The number of hydrogen-bond acceptors (Lipinski definition) is 2. The van der Waals surface area contributed by atoms with E-state index in [2.05, 4.69) is 28.1 Å². The molecule has 0 heterocycles. The summed E-state index contributed by atoms with van der Waals surface area (Å²) in [7, 11) is 0. The minimum Gasteiger partial charge on any atom is -0.493 e. The standard InChI is InChI=1S/C16H17BrO2/c1-12(18)15-8-7-14(17)11-16(15)19-10-9-13-5-3-2-4-6-13/h2-8,11-12,18H,9-10H2,1H3/t12-/m0/s1. The van der Waals surface area contributed by atoms with Gasteiger partial charge in [-0.15, -0.1) is 0 Å². The van der Waals surface area contributed by atoms with Crippen molar-refractivity contribution < 1.29 is 9.84 Å². The lowest BCUT2D eigenvalue weighted by atomic mass is 10.1. The highest BCUT2D eigenvalue weighted by Gasteiger charge is 2.09. The predicted molar refractivity (Wildman–Crippen MR) is 80.4 cm³/mol. The van der Waals surface area contributed by atoms with Gasteiger partial charge in [-0.05, 0) is 24.6 Å². The van der Waals surface area contributed by atoms with Crippen LogP contribution in [-0.2, 0) is 6.42 Å². The molecule has 0 bridgehead atoms. The Morgan fingerprint density at radius 1 is 1.16 bits per heavy atom. The molecule has 0 aromatic heterocycles. The Balaban J connectivity index is 2.01. The average molecular weight is 321 g/mol. The minimum absolute atomic E-state index is 0.528. The molecule has 2 nitrogen and oxygen atoms in total. The molecule has 0 fully saturated rings. The number of hydrogen-bond donors (Lipinski definition) is 1. The SMILES string of the molecule is C[C@H](O)c1ccc(Br)cc1OCCc1ccccc1. The zero-order valence-corrected chi connectivity index (χ0v) is 12.4. The summed E-state index contributed by atoms with van der Waals surface area (Å²) in [6, 6.07) is 15.9. The maximum absolute atomic E-state index is 9.72. The molecule has 0 saturated heterocycles. The van der Waals surface area contributed by atoms with Crippen molar-refractivity contribution in [2.45, 2.75) is 19.4 Å². The van der Waals surface area contributed by atoms with E-state index in [1.165, 1.54) is 5.56 Å². The molecule has 0 aliphatic carbocycles. The Hall–Kier alpha value is -1.32. The number of rotatable bonds is 5. The van der Waals surface area contributed by atoms with Crippen LogP contribution >= 0.6 is 15.9 Å². The molecule has 0 unspecified atom stereocenters. The molecule has 19 heavy (non-hydrogen) atoms. The lowest BCUT2D eigenvalue weighted by Crippen LogP contribution is -2.04. The van der Waals surface area contributed by atoms with Gasteiger partial charge in [-0.25, -0.2) is 0 Å². The van der Waals surface area contributed by atoms with Gasteiger partial charge < -0.3 is 9.84 Å². The van der Waals surface area contributed by atoms with Crippen LogP contribution in [0.3, 0.4) is 0 Å². The number of halogens is 1. The van der Waals surface area contributed by atoms with Crippen LogP contribution in [0.1, 0.15) is 24.2 Å². The fourth-order valence-electron chi connectivity index (χ4n) is 1.90. The molecule has 1 N–H and O–H groups in total. The van der Waals surface area contributed by atoms with Gasteiger partial charge >= 0.3 is 0 Å². The summed E-state index contributed by atoms with van der Waals surface area (Å²) in [5, 5.41) is 9.72. The quantitative estimate of drug-likeness (QED) is 0.897. The highest BCUT2D eigenvalue weighted by Crippen LogP contribution is 2.28. The second-order valence-corrected chi connectivity index (χ2v) is 5.36. The van der Waals surface area contributed by atoms with Crippen molar-refractivity contribution >= 4 is 15.9 Å². The van der Waals surface area contributed by atoms with E-state index in [0.717, 1.165) is 22.2 Å². The first-order chi connectivity index (χ1) is 9.16. The van der Waals surface area contributed by atoms with E-state index in [-0.39, 0.29) is 0 Å². The lowest BCUT2D eigenvalue weighted by Gasteiger charge is -2.14. The summed E-state index contributed by atoms with van der Waals surface area (Å²) in [6.07, 6.45) is 0.326. The van der Waals surface area contributed by atoms with Crippen LogP contribution in [0.5, 0.6) is 5.75 Å². The number of benzene rings is 2. The minimum atomic E-state index is -0.528. The van der Waals surface area contributed by atoms with Gasteiger partial charge in [-0.1, -0.05) is 52.3 Å². The maximum Gasteiger partial charge on any atom is 0.126 e. The Kier molecular flexibility index (Phi) is 5.00. The smallest absolute Gasteiger partial charge is 0.126 e. The van der Waals surface area contributed by atoms with E-state index >= 15 is 0 Å². The Morgan fingerprint density at radius 3 is 2.58 bits per heavy atom. The summed E-state index contributed by atoms with van der Waals surface area (Å²) in [5.74, 6) is 0.736. The highest BCUT2D eigenvalue weighted by molar-refractivity contribution is 9.10. The van der Waals surface area contributed by atoms with Gasteiger partial charge in [0.1, 0.15) is 5.75 Å². The van der Waals surface area contributed by atoms with E-state index < -0.39 is 6.10 Å². The third-order valence-corrected chi connectivity index (χ3v) is 3.41. The summed E-state index contributed by atoms with van der Waals surface area (Å²) in [4.78, 5) is 0. The topological polar surface area (TPSA) is 29.5 Å². The van der Waals surface area contributed by atoms with Crippen LogP contribution in [0.4, 0.5) is 0 Å². The number of aliphatic hydroxyl groups is 1. The van der Waals surface area contributed by atoms with Crippen LogP contribution in [0.2, 0.25) is 0 Å². The molecule has 0 spiro atoms. The molecular weight excluding hydrogens is 304 g/mol. The van der Waals surface area contributed by atoms with Crippen molar-refractivity contribution in [2.24, 2.45) is 0 Å². The number of ether oxygens (including phenoxy) is 1. The van der Waals surface area contributed by atoms with Gasteiger partial charge in [0.25, 0.3) is 0 Å². The first kappa shape index (κ1) is 14.1. The van der Waals surface area contributed by atoms with Gasteiger partial charge in [0.15, 0.2) is 0 Å². The highest BCUT2D eigenvalue weighted by atomic mass is 79.9. The fraction of sp³-hybridized carbons (Fsp3) is 0.250.